The maximum Gasteiger partial charge on any atom is 0.142 e. The summed E-state index contributed by atoms with van der Waals surface area (Å²) in [6.45, 7) is 5.74. The second kappa shape index (κ2) is 7.31. The van der Waals surface area contributed by atoms with E-state index in [0.29, 0.717) is 5.82 Å². The minimum Gasteiger partial charge on any atom is -0.496 e. The van der Waals surface area contributed by atoms with Gasteiger partial charge in [0.05, 0.1) is 29.4 Å². The molecular weight excluding hydrogens is 426 g/mol. The van der Waals surface area contributed by atoms with Gasteiger partial charge >= 0.3 is 0 Å². The summed E-state index contributed by atoms with van der Waals surface area (Å²) in [5.74, 6) is 2.17. The molecule has 168 valence electrons. The Kier molecular flexibility index (Phi) is 4.35. The van der Waals surface area contributed by atoms with Gasteiger partial charge in [-0.15, -0.1) is 0 Å². The summed E-state index contributed by atoms with van der Waals surface area (Å²) in [7, 11) is 1.67. The van der Waals surface area contributed by atoms with Gasteiger partial charge in [0.15, 0.2) is 0 Å². The molecule has 34 heavy (non-hydrogen) atoms. The average Bonchev–Trinajstić information content (AvgIpc) is 3.36. The molecule has 0 radical (unpaired) electrons. The van der Waals surface area contributed by atoms with Gasteiger partial charge < -0.3 is 20.0 Å². The highest BCUT2D eigenvalue weighted by Gasteiger charge is 2.21. The van der Waals surface area contributed by atoms with E-state index in [4.69, 9.17) is 25.0 Å². The first-order valence-electron chi connectivity index (χ1n) is 11.0. The summed E-state index contributed by atoms with van der Waals surface area (Å²) in [4.78, 5) is 13.1. The SMILES string of the molecule is COc1cc2c(cc1-c1c(C)noc1C)[nH]c1nc(C)nc(-c3ccc(N)c4ccccc34)c12. The van der Waals surface area contributed by atoms with E-state index in [0.717, 1.165) is 78.0 Å². The Morgan fingerprint density at radius 2 is 1.71 bits per heavy atom. The van der Waals surface area contributed by atoms with Crippen LogP contribution in [0.4, 0.5) is 5.69 Å². The zero-order valence-electron chi connectivity index (χ0n) is 19.4. The number of ether oxygens (including phenoxy) is 1. The first-order valence-corrected chi connectivity index (χ1v) is 11.0. The van der Waals surface area contributed by atoms with E-state index >= 15 is 0 Å². The molecule has 0 saturated carbocycles. The summed E-state index contributed by atoms with van der Waals surface area (Å²) >= 11 is 0. The van der Waals surface area contributed by atoms with Crippen LogP contribution < -0.4 is 10.5 Å². The molecule has 3 N–H and O–H groups in total. The van der Waals surface area contributed by atoms with Crippen molar-refractivity contribution in [1.82, 2.24) is 20.1 Å². The minimum atomic E-state index is 0.688. The number of fused-ring (bicyclic) bond motifs is 4. The van der Waals surface area contributed by atoms with Gasteiger partial charge in [-0.2, -0.15) is 0 Å². The van der Waals surface area contributed by atoms with Crippen molar-refractivity contribution in [2.24, 2.45) is 0 Å². The van der Waals surface area contributed by atoms with E-state index < -0.39 is 0 Å². The van der Waals surface area contributed by atoms with E-state index in [1.807, 2.05) is 57.2 Å². The number of aromatic amines is 1. The van der Waals surface area contributed by atoms with Gasteiger partial charge in [0.1, 0.15) is 23.0 Å². The summed E-state index contributed by atoms with van der Waals surface area (Å²) in [5, 5.41) is 8.10. The molecular formula is C27H23N5O2. The molecule has 0 unspecified atom stereocenters. The fourth-order valence-electron chi connectivity index (χ4n) is 4.89. The van der Waals surface area contributed by atoms with E-state index in [9.17, 15) is 0 Å². The standard InChI is InChI=1S/C27H23N5O2/c1-13-24(14(2)34-32-13)20-11-22-19(12-23(20)33-4)25-26(29-15(3)30-27(25)31-22)18-9-10-21(28)17-8-6-5-7-16(17)18/h5-12H,28H2,1-4H3,(H,29,30,31). The second-order valence-electron chi connectivity index (χ2n) is 8.51. The minimum absolute atomic E-state index is 0.688. The number of H-pyrrole nitrogens is 1. The molecule has 0 spiro atoms. The molecule has 7 heteroatoms. The molecule has 0 atom stereocenters. The van der Waals surface area contributed by atoms with E-state index in [1.54, 1.807) is 7.11 Å². The van der Waals surface area contributed by atoms with Crippen molar-refractivity contribution in [3.8, 4) is 28.1 Å². The predicted molar refractivity (Wildman–Crippen MR) is 135 cm³/mol. The van der Waals surface area contributed by atoms with Gasteiger partial charge in [-0.05, 0) is 44.4 Å². The number of anilines is 1. The summed E-state index contributed by atoms with van der Waals surface area (Å²) in [6, 6.07) is 16.2. The highest BCUT2D eigenvalue weighted by Crippen LogP contribution is 2.42. The molecule has 0 aliphatic carbocycles. The van der Waals surface area contributed by atoms with Crippen molar-refractivity contribution < 1.29 is 9.26 Å². The van der Waals surface area contributed by atoms with E-state index in [2.05, 4.69) is 22.3 Å². The van der Waals surface area contributed by atoms with E-state index in [-0.39, 0.29) is 0 Å². The second-order valence-corrected chi connectivity index (χ2v) is 8.51. The van der Waals surface area contributed by atoms with Crippen LogP contribution in [0.25, 0.3) is 55.1 Å². The molecule has 7 nitrogen and oxygen atoms in total. The van der Waals surface area contributed by atoms with E-state index in [1.165, 1.54) is 0 Å². The molecule has 0 aliphatic heterocycles. The third-order valence-electron chi connectivity index (χ3n) is 6.40. The predicted octanol–water partition coefficient (Wildman–Crippen LogP) is 6.10. The number of methoxy groups -OCH3 is 1. The molecule has 0 bridgehead atoms. The average molecular weight is 450 g/mol. The van der Waals surface area contributed by atoms with Crippen molar-refractivity contribution in [3.63, 3.8) is 0 Å². The van der Waals surface area contributed by atoms with Crippen LogP contribution in [-0.2, 0) is 0 Å². The quantitative estimate of drug-likeness (QED) is 0.316. The normalized spacial score (nSPS) is 11.6. The number of nitrogens with zero attached hydrogens (tertiary/aromatic N) is 3. The van der Waals surface area contributed by atoms with Crippen LogP contribution in [0.3, 0.4) is 0 Å². The molecule has 0 fully saturated rings. The zero-order valence-corrected chi connectivity index (χ0v) is 19.4. The Morgan fingerprint density at radius 1 is 0.912 bits per heavy atom. The molecule has 6 rings (SSSR count). The monoisotopic (exact) mass is 449 g/mol. The lowest BCUT2D eigenvalue weighted by Crippen LogP contribution is -1.95. The summed E-state index contributed by atoms with van der Waals surface area (Å²) in [5.41, 5.74) is 13.3. The van der Waals surface area contributed by atoms with Crippen molar-refractivity contribution >= 4 is 38.4 Å². The Hall–Kier alpha value is -4.39. The largest absolute Gasteiger partial charge is 0.496 e. The lowest BCUT2D eigenvalue weighted by molar-refractivity contribution is 0.393. The van der Waals surface area contributed by atoms with Crippen LogP contribution in [0.1, 0.15) is 17.3 Å². The van der Waals surface area contributed by atoms with Gasteiger partial charge in [-0.3, -0.25) is 0 Å². The fourth-order valence-corrected chi connectivity index (χ4v) is 4.89. The van der Waals surface area contributed by atoms with Gasteiger partial charge in [-0.25, -0.2) is 9.97 Å². The molecule has 6 aromatic rings. The highest BCUT2D eigenvalue weighted by atomic mass is 16.5. The number of benzene rings is 3. The topological polar surface area (TPSA) is 103 Å². The molecule has 0 saturated heterocycles. The molecule has 0 amide bonds. The van der Waals surface area contributed by atoms with Crippen LogP contribution in [0, 0.1) is 20.8 Å². The van der Waals surface area contributed by atoms with Gasteiger partial charge in [0, 0.05) is 33.1 Å². The van der Waals surface area contributed by atoms with Crippen molar-refractivity contribution in [3.05, 3.63) is 65.8 Å². The van der Waals surface area contributed by atoms with Crippen molar-refractivity contribution in [2.45, 2.75) is 20.8 Å². The lowest BCUT2D eigenvalue weighted by atomic mass is 9.97. The zero-order chi connectivity index (χ0) is 23.6. The van der Waals surface area contributed by atoms with Gasteiger partial charge in [0.25, 0.3) is 0 Å². The van der Waals surface area contributed by atoms with Crippen LogP contribution in [0.15, 0.2) is 53.1 Å². The van der Waals surface area contributed by atoms with Crippen LogP contribution in [-0.4, -0.2) is 27.2 Å². The van der Waals surface area contributed by atoms with Crippen LogP contribution >= 0.6 is 0 Å². The highest BCUT2D eigenvalue weighted by molar-refractivity contribution is 6.16. The Bertz CT molecular complexity index is 1730. The number of nitrogens with one attached hydrogen (secondary N) is 1. The smallest absolute Gasteiger partial charge is 0.142 e. The number of nitrogens with two attached hydrogens (primary N) is 1. The third kappa shape index (κ3) is 2.86. The molecule has 3 aromatic carbocycles. The maximum absolute atomic E-state index is 6.27. The van der Waals surface area contributed by atoms with Crippen LogP contribution in [0.2, 0.25) is 0 Å². The number of hydrogen-bond acceptors (Lipinski definition) is 6. The first-order chi connectivity index (χ1) is 16.5. The number of aryl methyl sites for hydroxylation is 3. The summed E-state index contributed by atoms with van der Waals surface area (Å²) in [6.07, 6.45) is 0. The lowest BCUT2D eigenvalue weighted by Gasteiger charge is -2.11. The molecule has 3 heterocycles. The van der Waals surface area contributed by atoms with Crippen molar-refractivity contribution in [2.75, 3.05) is 12.8 Å². The fraction of sp³-hybridized carbons (Fsp3) is 0.148. The van der Waals surface area contributed by atoms with Gasteiger partial charge in [-0.1, -0.05) is 35.5 Å². The third-order valence-corrected chi connectivity index (χ3v) is 6.40. The first kappa shape index (κ1) is 20.2. The Balaban J connectivity index is 1.71. The van der Waals surface area contributed by atoms with Crippen LogP contribution in [0.5, 0.6) is 5.75 Å². The Morgan fingerprint density at radius 3 is 2.44 bits per heavy atom. The maximum atomic E-state index is 6.27. The van der Waals surface area contributed by atoms with Crippen molar-refractivity contribution in [1.29, 1.82) is 0 Å². The number of nitrogen functional groups attached to an aromatic ring is 1. The number of hydrogen-bond donors (Lipinski definition) is 2. The van der Waals surface area contributed by atoms with Gasteiger partial charge in [0.2, 0.25) is 0 Å². The number of aromatic nitrogens is 4. The number of rotatable bonds is 3. The Labute approximate surface area is 195 Å². The molecule has 0 aliphatic rings. The summed E-state index contributed by atoms with van der Waals surface area (Å²) < 4.78 is 11.2. The molecule has 3 aromatic heterocycles.